The zero-order valence-corrected chi connectivity index (χ0v) is 16.6. The van der Waals surface area contributed by atoms with Crippen molar-refractivity contribution >= 4 is 22.3 Å². The summed E-state index contributed by atoms with van der Waals surface area (Å²) in [5.41, 5.74) is 3.93. The number of rotatable bonds is 5. The molecule has 0 saturated heterocycles. The van der Waals surface area contributed by atoms with Gasteiger partial charge in [-0.3, -0.25) is 4.79 Å². The Labute approximate surface area is 169 Å². The number of nitrogens with zero attached hydrogens (tertiary/aromatic N) is 1. The van der Waals surface area contributed by atoms with E-state index in [-0.39, 0.29) is 5.56 Å². The molecule has 0 aliphatic carbocycles. The Kier molecular flexibility index (Phi) is 4.96. The Morgan fingerprint density at radius 1 is 0.793 bits per heavy atom. The average Bonchev–Trinajstić information content (AvgIpc) is 2.78. The molecule has 4 aromatic rings. The van der Waals surface area contributed by atoms with Crippen LogP contribution < -0.4 is 20.3 Å². The van der Waals surface area contributed by atoms with E-state index >= 15 is 0 Å². The molecule has 0 fully saturated rings. The van der Waals surface area contributed by atoms with Crippen LogP contribution in [0.2, 0.25) is 0 Å². The molecular formula is C24H22N2O3. The van der Waals surface area contributed by atoms with Crippen LogP contribution in [-0.4, -0.2) is 18.8 Å². The monoisotopic (exact) mass is 386 g/mol. The van der Waals surface area contributed by atoms with Gasteiger partial charge in [-0.1, -0.05) is 30.3 Å². The van der Waals surface area contributed by atoms with Crippen LogP contribution in [0.1, 0.15) is 0 Å². The summed E-state index contributed by atoms with van der Waals surface area (Å²) in [6.07, 6.45) is 0. The van der Waals surface area contributed by atoms with Crippen molar-refractivity contribution in [1.82, 2.24) is 4.57 Å². The van der Waals surface area contributed by atoms with Crippen molar-refractivity contribution in [3.8, 4) is 22.6 Å². The molecule has 0 radical (unpaired) electrons. The number of anilines is 2. The van der Waals surface area contributed by atoms with Crippen LogP contribution in [-0.2, 0) is 7.05 Å². The number of pyridine rings is 1. The number of ether oxygens (including phenoxy) is 2. The maximum atomic E-state index is 13.3. The molecule has 1 heterocycles. The van der Waals surface area contributed by atoms with Gasteiger partial charge < -0.3 is 19.4 Å². The van der Waals surface area contributed by atoms with E-state index in [1.54, 1.807) is 25.8 Å². The molecule has 1 N–H and O–H groups in total. The van der Waals surface area contributed by atoms with Gasteiger partial charge in [0.15, 0.2) is 0 Å². The molecule has 0 spiro atoms. The van der Waals surface area contributed by atoms with Crippen molar-refractivity contribution in [1.29, 1.82) is 0 Å². The van der Waals surface area contributed by atoms with Gasteiger partial charge in [-0.05, 0) is 48.0 Å². The van der Waals surface area contributed by atoms with Crippen LogP contribution >= 0.6 is 0 Å². The van der Waals surface area contributed by atoms with Gasteiger partial charge in [0.25, 0.3) is 5.56 Å². The molecule has 4 rings (SSSR count). The second-order valence-corrected chi connectivity index (χ2v) is 6.71. The Balaban J connectivity index is 1.95. The Morgan fingerprint density at radius 2 is 1.38 bits per heavy atom. The predicted octanol–water partition coefficient (Wildman–Crippen LogP) is 4.97. The number of fused-ring (bicyclic) bond motifs is 1. The van der Waals surface area contributed by atoms with Gasteiger partial charge in [0.05, 0.1) is 19.7 Å². The lowest BCUT2D eigenvalue weighted by Crippen LogP contribution is -2.21. The molecule has 0 saturated carbocycles. The average molecular weight is 386 g/mol. The lowest BCUT2D eigenvalue weighted by atomic mass is 9.98. The maximum absolute atomic E-state index is 13.3. The second-order valence-electron chi connectivity index (χ2n) is 6.71. The first kappa shape index (κ1) is 18.6. The minimum absolute atomic E-state index is 0.0923. The fourth-order valence-corrected chi connectivity index (χ4v) is 3.49. The topological polar surface area (TPSA) is 52.5 Å². The van der Waals surface area contributed by atoms with Gasteiger partial charge in [0, 0.05) is 23.7 Å². The number of hydrogen-bond acceptors (Lipinski definition) is 4. The zero-order chi connectivity index (χ0) is 20.4. The third kappa shape index (κ3) is 3.43. The highest BCUT2D eigenvalue weighted by atomic mass is 16.5. The lowest BCUT2D eigenvalue weighted by molar-refractivity contribution is 0.415. The highest BCUT2D eigenvalue weighted by Crippen LogP contribution is 2.35. The molecule has 0 aliphatic heterocycles. The van der Waals surface area contributed by atoms with E-state index in [0.717, 1.165) is 39.2 Å². The van der Waals surface area contributed by atoms with E-state index in [1.807, 2.05) is 72.8 Å². The summed E-state index contributed by atoms with van der Waals surface area (Å²) in [5, 5.41) is 4.33. The Bertz CT molecular complexity index is 1210. The van der Waals surface area contributed by atoms with Crippen molar-refractivity contribution in [3.05, 3.63) is 83.2 Å². The summed E-state index contributed by atoms with van der Waals surface area (Å²) < 4.78 is 12.2. The molecular weight excluding hydrogens is 364 g/mol. The van der Waals surface area contributed by atoms with Crippen LogP contribution in [0, 0.1) is 0 Å². The minimum atomic E-state index is -0.0923. The van der Waals surface area contributed by atoms with Crippen molar-refractivity contribution < 1.29 is 9.47 Å². The molecule has 0 unspecified atom stereocenters. The van der Waals surface area contributed by atoms with Crippen molar-refractivity contribution in [2.24, 2.45) is 7.05 Å². The van der Waals surface area contributed by atoms with Crippen molar-refractivity contribution in [2.45, 2.75) is 0 Å². The summed E-state index contributed by atoms with van der Waals surface area (Å²) in [4.78, 5) is 13.3. The number of aromatic nitrogens is 1. The quantitative estimate of drug-likeness (QED) is 0.526. The molecule has 29 heavy (non-hydrogen) atoms. The van der Waals surface area contributed by atoms with Crippen molar-refractivity contribution in [2.75, 3.05) is 19.5 Å². The van der Waals surface area contributed by atoms with E-state index in [9.17, 15) is 4.79 Å². The fourth-order valence-electron chi connectivity index (χ4n) is 3.49. The summed E-state index contributed by atoms with van der Waals surface area (Å²) in [6, 6.07) is 23.2. The number of hydrogen-bond donors (Lipinski definition) is 1. The summed E-state index contributed by atoms with van der Waals surface area (Å²) in [5.74, 6) is 1.53. The third-order valence-electron chi connectivity index (χ3n) is 5.04. The predicted molar refractivity (Wildman–Crippen MR) is 117 cm³/mol. The maximum Gasteiger partial charge on any atom is 0.275 e. The Hall–Kier alpha value is -3.73. The van der Waals surface area contributed by atoms with Crippen molar-refractivity contribution in [3.63, 3.8) is 0 Å². The zero-order valence-electron chi connectivity index (χ0n) is 16.6. The molecule has 5 heteroatoms. The number of para-hydroxylation sites is 1. The van der Waals surface area contributed by atoms with E-state index in [4.69, 9.17) is 9.47 Å². The SMILES string of the molecule is COc1ccc(Nc2c(-c3ccc(OC)cc3)c3ccccc3n(C)c2=O)cc1. The lowest BCUT2D eigenvalue weighted by Gasteiger charge is -2.18. The standard InChI is InChI=1S/C24H22N2O3/c1-26-21-7-5-4-6-20(21)22(16-8-12-18(28-2)13-9-16)23(24(26)27)25-17-10-14-19(29-3)15-11-17/h4-15,25H,1-3H3. The second kappa shape index (κ2) is 7.72. The normalized spacial score (nSPS) is 10.7. The van der Waals surface area contributed by atoms with Gasteiger partial charge in [-0.2, -0.15) is 0 Å². The van der Waals surface area contributed by atoms with Gasteiger partial charge in [0.2, 0.25) is 0 Å². The van der Waals surface area contributed by atoms with Crippen LogP contribution in [0.5, 0.6) is 11.5 Å². The van der Waals surface area contributed by atoms with E-state index < -0.39 is 0 Å². The first-order chi connectivity index (χ1) is 14.1. The van der Waals surface area contributed by atoms with E-state index in [1.165, 1.54) is 0 Å². The number of benzene rings is 3. The highest BCUT2D eigenvalue weighted by Gasteiger charge is 2.17. The third-order valence-corrected chi connectivity index (χ3v) is 5.04. The number of aryl methyl sites for hydroxylation is 1. The van der Waals surface area contributed by atoms with Crippen LogP contribution in [0.3, 0.4) is 0 Å². The highest BCUT2D eigenvalue weighted by molar-refractivity contribution is 6.01. The van der Waals surface area contributed by atoms with Gasteiger partial charge in [-0.25, -0.2) is 0 Å². The van der Waals surface area contributed by atoms with Crippen LogP contribution in [0.15, 0.2) is 77.6 Å². The van der Waals surface area contributed by atoms with Gasteiger partial charge >= 0.3 is 0 Å². The van der Waals surface area contributed by atoms with Gasteiger partial charge in [-0.15, -0.1) is 0 Å². The summed E-state index contributed by atoms with van der Waals surface area (Å²) >= 11 is 0. The first-order valence-electron chi connectivity index (χ1n) is 9.29. The Morgan fingerprint density at radius 3 is 2.00 bits per heavy atom. The number of methoxy groups -OCH3 is 2. The molecule has 1 aromatic heterocycles. The van der Waals surface area contributed by atoms with Crippen LogP contribution in [0.25, 0.3) is 22.0 Å². The number of nitrogens with one attached hydrogen (secondary N) is 1. The molecule has 0 amide bonds. The molecule has 0 aliphatic rings. The van der Waals surface area contributed by atoms with E-state index in [2.05, 4.69) is 5.32 Å². The van der Waals surface area contributed by atoms with Crippen LogP contribution in [0.4, 0.5) is 11.4 Å². The molecule has 0 atom stereocenters. The van der Waals surface area contributed by atoms with Gasteiger partial charge in [0.1, 0.15) is 17.2 Å². The largest absolute Gasteiger partial charge is 0.497 e. The summed E-state index contributed by atoms with van der Waals surface area (Å²) in [7, 11) is 5.06. The molecule has 0 bridgehead atoms. The van der Waals surface area contributed by atoms with E-state index in [0.29, 0.717) is 5.69 Å². The minimum Gasteiger partial charge on any atom is -0.497 e. The molecule has 146 valence electrons. The summed E-state index contributed by atoms with van der Waals surface area (Å²) in [6.45, 7) is 0. The fraction of sp³-hybridized carbons (Fsp3) is 0.125. The molecule has 5 nitrogen and oxygen atoms in total. The molecule has 3 aromatic carbocycles. The smallest absolute Gasteiger partial charge is 0.275 e. The first-order valence-corrected chi connectivity index (χ1v) is 9.29.